The summed E-state index contributed by atoms with van der Waals surface area (Å²) in [5, 5.41) is 5.70. The molecule has 0 unspecified atom stereocenters. The number of carbonyl (C=O) groups excluding carboxylic acids is 1. The van der Waals surface area contributed by atoms with Crippen LogP contribution in [0.4, 0.5) is 17.5 Å². The van der Waals surface area contributed by atoms with Crippen LogP contribution < -0.4 is 16.4 Å². The second kappa shape index (κ2) is 9.36. The highest BCUT2D eigenvalue weighted by molar-refractivity contribution is 5.94. The molecule has 156 valence electrons. The number of nitrogens with one attached hydrogen (secondary N) is 2. The van der Waals surface area contributed by atoms with Gasteiger partial charge in [-0.3, -0.25) is 9.78 Å². The van der Waals surface area contributed by atoms with Crippen molar-refractivity contribution >= 4 is 23.4 Å². The van der Waals surface area contributed by atoms with Gasteiger partial charge in [-0.15, -0.1) is 0 Å². The van der Waals surface area contributed by atoms with Gasteiger partial charge in [0.15, 0.2) is 0 Å². The Morgan fingerprint density at radius 2 is 1.81 bits per heavy atom. The minimum Gasteiger partial charge on any atom is -0.383 e. The van der Waals surface area contributed by atoms with E-state index in [2.05, 4.69) is 42.4 Å². The SMILES string of the molecule is CNC(=O)c1ccnc(C#Cc2ccc(Nc3ncc(-c4ccccn4)c(N)n3)cc2)c1. The average Bonchev–Trinajstić information content (AvgIpc) is 2.84. The van der Waals surface area contributed by atoms with Crippen molar-refractivity contribution in [3.63, 3.8) is 0 Å². The Balaban J connectivity index is 1.46. The lowest BCUT2D eigenvalue weighted by molar-refractivity contribution is 0.0963. The lowest BCUT2D eigenvalue weighted by atomic mass is 10.2. The Morgan fingerprint density at radius 1 is 0.969 bits per heavy atom. The fourth-order valence-corrected chi connectivity index (χ4v) is 2.86. The number of hydrogen-bond donors (Lipinski definition) is 3. The zero-order valence-corrected chi connectivity index (χ0v) is 17.2. The molecule has 4 N–H and O–H groups in total. The number of nitrogen functional groups attached to an aromatic ring is 1. The zero-order chi connectivity index (χ0) is 22.3. The summed E-state index contributed by atoms with van der Waals surface area (Å²) in [5.41, 5.74) is 10.1. The molecule has 1 aromatic carbocycles. The average molecular weight is 421 g/mol. The summed E-state index contributed by atoms with van der Waals surface area (Å²) in [5.74, 6) is 6.56. The molecule has 0 saturated carbocycles. The Morgan fingerprint density at radius 3 is 2.53 bits per heavy atom. The molecule has 8 nitrogen and oxygen atoms in total. The van der Waals surface area contributed by atoms with Crippen LogP contribution in [0.5, 0.6) is 0 Å². The van der Waals surface area contributed by atoms with Gasteiger partial charge in [0.1, 0.15) is 11.5 Å². The monoisotopic (exact) mass is 421 g/mol. The molecule has 0 radical (unpaired) electrons. The van der Waals surface area contributed by atoms with Crippen LogP contribution >= 0.6 is 0 Å². The van der Waals surface area contributed by atoms with Gasteiger partial charge in [0, 0.05) is 42.5 Å². The highest BCUT2D eigenvalue weighted by Gasteiger charge is 2.08. The summed E-state index contributed by atoms with van der Waals surface area (Å²) in [6.07, 6.45) is 4.90. The van der Waals surface area contributed by atoms with Crippen molar-refractivity contribution in [3.05, 3.63) is 90.0 Å². The Hall–Kier alpha value is -4.77. The molecule has 1 amide bonds. The molecule has 0 spiro atoms. The fraction of sp³-hybridized carbons (Fsp3) is 0.0417. The molecule has 32 heavy (non-hydrogen) atoms. The van der Waals surface area contributed by atoms with E-state index >= 15 is 0 Å². The first-order chi connectivity index (χ1) is 15.6. The Labute approximate surface area is 185 Å². The van der Waals surface area contributed by atoms with Crippen LogP contribution in [0.3, 0.4) is 0 Å². The minimum absolute atomic E-state index is 0.179. The third-order valence-electron chi connectivity index (χ3n) is 4.48. The number of rotatable bonds is 4. The number of carbonyl (C=O) groups is 1. The van der Waals surface area contributed by atoms with Crippen molar-refractivity contribution < 1.29 is 4.79 Å². The van der Waals surface area contributed by atoms with Crippen molar-refractivity contribution in [1.29, 1.82) is 0 Å². The predicted octanol–water partition coefficient (Wildman–Crippen LogP) is 3.02. The Kier molecular flexibility index (Phi) is 6.00. The van der Waals surface area contributed by atoms with Crippen LogP contribution in [-0.4, -0.2) is 32.9 Å². The molecule has 0 aliphatic heterocycles. The summed E-state index contributed by atoms with van der Waals surface area (Å²) >= 11 is 0. The van der Waals surface area contributed by atoms with Gasteiger partial charge in [-0.05, 0) is 54.5 Å². The standard InChI is InChI=1S/C24H19N7O/c1-26-23(32)17-11-13-27-19(14-17)10-7-16-5-8-18(9-6-16)30-24-29-15-20(22(25)31-24)21-4-2-3-12-28-21/h2-6,8-9,11-15H,1H3,(H,26,32)(H3,25,29,30,31). The van der Waals surface area contributed by atoms with E-state index < -0.39 is 0 Å². The first kappa shape index (κ1) is 20.5. The van der Waals surface area contributed by atoms with Gasteiger partial charge in [0.25, 0.3) is 5.91 Å². The van der Waals surface area contributed by atoms with Crippen LogP contribution in [0.25, 0.3) is 11.3 Å². The molecule has 0 bridgehead atoms. The molecular weight excluding hydrogens is 402 g/mol. The second-order valence-corrected chi connectivity index (χ2v) is 6.67. The van der Waals surface area contributed by atoms with E-state index in [-0.39, 0.29) is 5.91 Å². The summed E-state index contributed by atoms with van der Waals surface area (Å²) < 4.78 is 0. The molecule has 8 heteroatoms. The first-order valence-electron chi connectivity index (χ1n) is 9.73. The molecule has 0 aliphatic carbocycles. The summed E-state index contributed by atoms with van der Waals surface area (Å²) in [4.78, 5) is 28.8. The molecule has 0 aliphatic rings. The summed E-state index contributed by atoms with van der Waals surface area (Å²) in [6.45, 7) is 0. The molecular formula is C24H19N7O. The smallest absolute Gasteiger partial charge is 0.251 e. The van der Waals surface area contributed by atoms with E-state index in [4.69, 9.17) is 5.73 Å². The zero-order valence-electron chi connectivity index (χ0n) is 17.2. The van der Waals surface area contributed by atoms with E-state index in [1.807, 2.05) is 42.5 Å². The number of amides is 1. The summed E-state index contributed by atoms with van der Waals surface area (Å²) in [6, 6.07) is 16.3. The largest absolute Gasteiger partial charge is 0.383 e. The lowest BCUT2D eigenvalue weighted by Gasteiger charge is -2.08. The van der Waals surface area contributed by atoms with Crippen LogP contribution in [0.2, 0.25) is 0 Å². The van der Waals surface area contributed by atoms with Gasteiger partial charge in [-0.25, -0.2) is 9.97 Å². The topological polar surface area (TPSA) is 119 Å². The lowest BCUT2D eigenvalue weighted by Crippen LogP contribution is -2.17. The van der Waals surface area contributed by atoms with Crippen molar-refractivity contribution in [2.75, 3.05) is 18.1 Å². The van der Waals surface area contributed by atoms with Gasteiger partial charge < -0.3 is 16.4 Å². The molecule has 0 saturated heterocycles. The Bertz CT molecular complexity index is 1310. The van der Waals surface area contributed by atoms with E-state index in [1.54, 1.807) is 37.8 Å². The molecule has 3 aromatic heterocycles. The fourth-order valence-electron chi connectivity index (χ4n) is 2.86. The predicted molar refractivity (Wildman–Crippen MR) is 123 cm³/mol. The minimum atomic E-state index is -0.179. The summed E-state index contributed by atoms with van der Waals surface area (Å²) in [7, 11) is 1.58. The van der Waals surface area contributed by atoms with Crippen LogP contribution in [0, 0.1) is 11.8 Å². The molecule has 0 atom stereocenters. The van der Waals surface area contributed by atoms with Gasteiger partial charge >= 0.3 is 0 Å². The number of anilines is 3. The number of aromatic nitrogens is 4. The van der Waals surface area contributed by atoms with Crippen LogP contribution in [0.15, 0.2) is 73.2 Å². The van der Waals surface area contributed by atoms with Crippen molar-refractivity contribution in [3.8, 4) is 23.1 Å². The number of nitrogens with two attached hydrogens (primary N) is 1. The van der Waals surface area contributed by atoms with Gasteiger partial charge in [0.2, 0.25) is 5.95 Å². The number of benzene rings is 1. The van der Waals surface area contributed by atoms with Gasteiger partial charge in [0.05, 0.1) is 11.3 Å². The van der Waals surface area contributed by atoms with Crippen LogP contribution in [-0.2, 0) is 0 Å². The second-order valence-electron chi connectivity index (χ2n) is 6.67. The third kappa shape index (κ3) is 4.86. The highest BCUT2D eigenvalue weighted by Crippen LogP contribution is 2.23. The van der Waals surface area contributed by atoms with Crippen molar-refractivity contribution in [2.45, 2.75) is 0 Å². The number of pyridine rings is 2. The van der Waals surface area contributed by atoms with Gasteiger partial charge in [-0.2, -0.15) is 4.98 Å². The highest BCUT2D eigenvalue weighted by atomic mass is 16.1. The first-order valence-corrected chi connectivity index (χ1v) is 9.73. The molecule has 3 heterocycles. The number of nitrogens with zero attached hydrogens (tertiary/aromatic N) is 4. The van der Waals surface area contributed by atoms with E-state index in [0.29, 0.717) is 28.6 Å². The van der Waals surface area contributed by atoms with Gasteiger partial charge in [-0.1, -0.05) is 12.0 Å². The van der Waals surface area contributed by atoms with Crippen molar-refractivity contribution in [2.24, 2.45) is 0 Å². The molecule has 4 rings (SSSR count). The van der Waals surface area contributed by atoms with Crippen molar-refractivity contribution in [1.82, 2.24) is 25.3 Å². The maximum atomic E-state index is 11.7. The quantitative estimate of drug-likeness (QED) is 0.433. The molecule has 0 fully saturated rings. The maximum Gasteiger partial charge on any atom is 0.251 e. The number of hydrogen-bond acceptors (Lipinski definition) is 7. The third-order valence-corrected chi connectivity index (χ3v) is 4.48. The maximum absolute atomic E-state index is 11.7. The van der Waals surface area contributed by atoms with E-state index in [9.17, 15) is 4.79 Å². The van der Waals surface area contributed by atoms with E-state index in [1.165, 1.54) is 0 Å². The van der Waals surface area contributed by atoms with E-state index in [0.717, 1.165) is 16.9 Å². The molecule has 4 aromatic rings. The van der Waals surface area contributed by atoms with Crippen LogP contribution in [0.1, 0.15) is 21.6 Å². The normalized spacial score (nSPS) is 10.0.